The van der Waals surface area contributed by atoms with Crippen molar-refractivity contribution in [3.05, 3.63) is 28.8 Å². The van der Waals surface area contributed by atoms with Crippen molar-refractivity contribution >= 4 is 12.4 Å². The summed E-state index contributed by atoms with van der Waals surface area (Å²) in [5, 5.41) is 0. The second kappa shape index (κ2) is 6.74. The van der Waals surface area contributed by atoms with Gasteiger partial charge in [-0.15, -0.1) is 12.4 Å². The molecule has 0 saturated heterocycles. The van der Waals surface area contributed by atoms with Crippen LogP contribution in [0.5, 0.6) is 5.75 Å². The van der Waals surface area contributed by atoms with Crippen LogP contribution in [-0.4, -0.2) is 20.8 Å². The second-order valence-corrected chi connectivity index (χ2v) is 3.63. The van der Waals surface area contributed by atoms with Gasteiger partial charge in [-0.3, -0.25) is 0 Å². The molecule has 1 aromatic carbocycles. The first kappa shape index (κ1) is 15.2. The van der Waals surface area contributed by atoms with Crippen LogP contribution in [0.15, 0.2) is 12.1 Å². The summed E-state index contributed by atoms with van der Waals surface area (Å²) in [5.74, 6) is 0.889. The third-order valence-electron chi connectivity index (χ3n) is 2.73. The molecule has 0 aliphatic carbocycles. The number of aryl methyl sites for hydroxylation is 1. The highest BCUT2D eigenvalue weighted by Gasteiger charge is 2.12. The Balaban J connectivity index is 0.00000225. The van der Waals surface area contributed by atoms with Gasteiger partial charge in [0.2, 0.25) is 0 Å². The summed E-state index contributed by atoms with van der Waals surface area (Å²) in [6.07, 6.45) is -0.0572. The molecule has 92 valence electrons. The highest BCUT2D eigenvalue weighted by Crippen LogP contribution is 2.27. The minimum atomic E-state index is -0.0572. The monoisotopic (exact) mass is 245 g/mol. The van der Waals surface area contributed by atoms with Crippen molar-refractivity contribution in [3.8, 4) is 5.75 Å². The molecule has 0 heterocycles. The second-order valence-electron chi connectivity index (χ2n) is 3.63. The van der Waals surface area contributed by atoms with E-state index < -0.39 is 0 Å². The standard InChI is InChI=1S/C12H19NO2.ClH/c1-8-5-10(12(7-13)15-4)6-11(14-3)9(8)2;/h5-6,12H,7,13H2,1-4H3;1H. The zero-order chi connectivity index (χ0) is 11.4. The van der Waals surface area contributed by atoms with Gasteiger partial charge in [-0.2, -0.15) is 0 Å². The molecule has 0 radical (unpaired) electrons. The molecule has 1 rings (SSSR count). The maximum absolute atomic E-state index is 5.63. The molecular formula is C12H20ClNO2. The molecule has 1 unspecified atom stereocenters. The Morgan fingerprint density at radius 1 is 1.25 bits per heavy atom. The topological polar surface area (TPSA) is 44.5 Å². The van der Waals surface area contributed by atoms with E-state index in [4.69, 9.17) is 15.2 Å². The first-order valence-corrected chi connectivity index (χ1v) is 5.02. The van der Waals surface area contributed by atoms with Crippen LogP contribution < -0.4 is 10.5 Å². The maximum Gasteiger partial charge on any atom is 0.122 e. The maximum atomic E-state index is 5.63. The van der Waals surface area contributed by atoms with Crippen LogP contribution in [0.3, 0.4) is 0 Å². The molecule has 0 saturated carbocycles. The summed E-state index contributed by atoms with van der Waals surface area (Å²) in [6.45, 7) is 4.58. The van der Waals surface area contributed by atoms with E-state index in [-0.39, 0.29) is 18.5 Å². The SMILES string of the molecule is COc1cc(C(CN)OC)cc(C)c1C.Cl. The van der Waals surface area contributed by atoms with E-state index in [0.717, 1.165) is 16.9 Å². The van der Waals surface area contributed by atoms with E-state index in [9.17, 15) is 0 Å². The minimum absolute atomic E-state index is 0. The summed E-state index contributed by atoms with van der Waals surface area (Å²) in [5.41, 5.74) is 9.05. The van der Waals surface area contributed by atoms with Crippen LogP contribution in [0.4, 0.5) is 0 Å². The molecule has 0 bridgehead atoms. The Hall–Kier alpha value is -0.770. The van der Waals surface area contributed by atoms with Gasteiger partial charge in [-0.05, 0) is 36.6 Å². The lowest BCUT2D eigenvalue weighted by Crippen LogP contribution is -2.14. The number of hydrogen-bond donors (Lipinski definition) is 1. The zero-order valence-electron chi connectivity index (χ0n) is 10.2. The van der Waals surface area contributed by atoms with Gasteiger partial charge in [-0.1, -0.05) is 6.07 Å². The van der Waals surface area contributed by atoms with Crippen LogP contribution in [-0.2, 0) is 4.74 Å². The van der Waals surface area contributed by atoms with E-state index in [1.807, 2.05) is 13.0 Å². The van der Waals surface area contributed by atoms with Crippen molar-refractivity contribution in [2.45, 2.75) is 20.0 Å². The fraction of sp³-hybridized carbons (Fsp3) is 0.500. The number of hydrogen-bond acceptors (Lipinski definition) is 3. The third-order valence-corrected chi connectivity index (χ3v) is 2.73. The van der Waals surface area contributed by atoms with Crippen molar-refractivity contribution < 1.29 is 9.47 Å². The molecule has 1 aromatic rings. The Morgan fingerprint density at radius 3 is 2.31 bits per heavy atom. The van der Waals surface area contributed by atoms with E-state index in [1.165, 1.54) is 5.56 Å². The Labute approximate surface area is 103 Å². The molecular weight excluding hydrogens is 226 g/mol. The number of halogens is 1. The van der Waals surface area contributed by atoms with Gasteiger partial charge in [0.05, 0.1) is 13.2 Å². The van der Waals surface area contributed by atoms with Gasteiger partial charge in [0, 0.05) is 13.7 Å². The molecule has 0 aromatic heterocycles. The van der Waals surface area contributed by atoms with Crippen molar-refractivity contribution in [2.24, 2.45) is 5.73 Å². The van der Waals surface area contributed by atoms with Gasteiger partial charge >= 0.3 is 0 Å². The van der Waals surface area contributed by atoms with Crippen LogP contribution in [0.2, 0.25) is 0 Å². The van der Waals surface area contributed by atoms with Crippen molar-refractivity contribution in [1.29, 1.82) is 0 Å². The number of benzene rings is 1. The molecule has 16 heavy (non-hydrogen) atoms. The van der Waals surface area contributed by atoms with Crippen LogP contribution in [0, 0.1) is 13.8 Å². The molecule has 4 heteroatoms. The van der Waals surface area contributed by atoms with Gasteiger partial charge in [-0.25, -0.2) is 0 Å². The molecule has 0 spiro atoms. The van der Waals surface area contributed by atoms with E-state index in [0.29, 0.717) is 6.54 Å². The van der Waals surface area contributed by atoms with Crippen molar-refractivity contribution in [3.63, 3.8) is 0 Å². The normalized spacial score (nSPS) is 11.8. The molecule has 0 amide bonds. The van der Waals surface area contributed by atoms with Gasteiger partial charge < -0.3 is 15.2 Å². The lowest BCUT2D eigenvalue weighted by molar-refractivity contribution is 0.110. The molecule has 0 aliphatic rings. The number of ether oxygens (including phenoxy) is 2. The van der Waals surface area contributed by atoms with Gasteiger partial charge in [0.1, 0.15) is 5.75 Å². The Morgan fingerprint density at radius 2 is 1.88 bits per heavy atom. The highest BCUT2D eigenvalue weighted by molar-refractivity contribution is 5.85. The molecule has 1 atom stereocenters. The zero-order valence-corrected chi connectivity index (χ0v) is 11.1. The Kier molecular flexibility index (Phi) is 6.41. The molecule has 0 fully saturated rings. The molecule has 2 N–H and O–H groups in total. The van der Waals surface area contributed by atoms with Crippen LogP contribution >= 0.6 is 12.4 Å². The fourth-order valence-corrected chi connectivity index (χ4v) is 1.62. The number of rotatable bonds is 4. The summed E-state index contributed by atoms with van der Waals surface area (Å²) in [6, 6.07) is 4.09. The third kappa shape index (κ3) is 3.11. The number of methoxy groups -OCH3 is 2. The minimum Gasteiger partial charge on any atom is -0.496 e. The predicted octanol–water partition coefficient (Wildman–Crippen LogP) is 2.38. The van der Waals surface area contributed by atoms with E-state index >= 15 is 0 Å². The van der Waals surface area contributed by atoms with Crippen molar-refractivity contribution in [2.75, 3.05) is 20.8 Å². The average Bonchev–Trinajstić information content (AvgIpc) is 2.24. The van der Waals surface area contributed by atoms with E-state index in [2.05, 4.69) is 13.0 Å². The predicted molar refractivity (Wildman–Crippen MR) is 68.5 cm³/mol. The summed E-state index contributed by atoms with van der Waals surface area (Å²) < 4.78 is 10.6. The smallest absolute Gasteiger partial charge is 0.122 e. The first-order valence-electron chi connectivity index (χ1n) is 5.02. The number of nitrogens with two attached hydrogens (primary N) is 1. The Bertz CT molecular complexity index is 338. The van der Waals surface area contributed by atoms with Gasteiger partial charge in [0.25, 0.3) is 0 Å². The summed E-state index contributed by atoms with van der Waals surface area (Å²) >= 11 is 0. The van der Waals surface area contributed by atoms with Crippen molar-refractivity contribution in [1.82, 2.24) is 0 Å². The summed E-state index contributed by atoms with van der Waals surface area (Å²) in [4.78, 5) is 0. The summed E-state index contributed by atoms with van der Waals surface area (Å²) in [7, 11) is 3.34. The van der Waals surface area contributed by atoms with Crippen LogP contribution in [0.25, 0.3) is 0 Å². The van der Waals surface area contributed by atoms with Crippen LogP contribution in [0.1, 0.15) is 22.8 Å². The highest BCUT2D eigenvalue weighted by atomic mass is 35.5. The quantitative estimate of drug-likeness (QED) is 0.886. The molecule has 3 nitrogen and oxygen atoms in total. The largest absolute Gasteiger partial charge is 0.496 e. The lowest BCUT2D eigenvalue weighted by atomic mass is 10.0. The first-order chi connectivity index (χ1) is 7.13. The lowest BCUT2D eigenvalue weighted by Gasteiger charge is -2.17. The van der Waals surface area contributed by atoms with E-state index in [1.54, 1.807) is 14.2 Å². The fourth-order valence-electron chi connectivity index (χ4n) is 1.62. The van der Waals surface area contributed by atoms with Gasteiger partial charge in [0.15, 0.2) is 0 Å². The molecule has 0 aliphatic heterocycles. The average molecular weight is 246 g/mol.